The van der Waals surface area contributed by atoms with Gasteiger partial charge < -0.3 is 5.21 Å². The van der Waals surface area contributed by atoms with E-state index in [1.54, 1.807) is 13.8 Å². The Morgan fingerprint density at radius 1 is 1.67 bits per heavy atom. The van der Waals surface area contributed by atoms with E-state index in [0.29, 0.717) is 21.9 Å². The van der Waals surface area contributed by atoms with E-state index in [1.165, 1.54) is 6.07 Å². The molecule has 6 nitrogen and oxygen atoms in total. The summed E-state index contributed by atoms with van der Waals surface area (Å²) in [5.41, 5.74) is 9.37. The number of hydrogen-bond donors (Lipinski definition) is 0. The Morgan fingerprint density at radius 2 is 2.33 bits per heavy atom. The maximum Gasteiger partial charge on any atom is 0.219 e. The lowest BCUT2D eigenvalue weighted by Gasteiger charge is -1.99. The van der Waals surface area contributed by atoms with Crippen molar-refractivity contribution in [3.8, 4) is 0 Å². The van der Waals surface area contributed by atoms with Crippen molar-refractivity contribution in [1.29, 1.82) is 0 Å². The van der Waals surface area contributed by atoms with Crippen LogP contribution in [0.1, 0.15) is 11.4 Å². The molecule has 0 aliphatic rings. The van der Waals surface area contributed by atoms with Crippen LogP contribution in [0.25, 0.3) is 10.4 Å². The monoisotopic (exact) mass is 165 g/mol. The molecule has 0 aliphatic carbocycles. The zero-order valence-corrected chi connectivity index (χ0v) is 6.72. The summed E-state index contributed by atoms with van der Waals surface area (Å²) in [7, 11) is 0. The first-order chi connectivity index (χ1) is 5.65. The lowest BCUT2D eigenvalue weighted by molar-refractivity contribution is -0.675. The summed E-state index contributed by atoms with van der Waals surface area (Å²) in [6.45, 7) is 3.20. The average Bonchev–Trinajstić information content (AvgIpc) is 2.01. The van der Waals surface area contributed by atoms with Gasteiger partial charge in [0.1, 0.15) is 5.69 Å². The minimum Gasteiger partial charge on any atom is -0.594 e. The number of nitrogens with zero attached hydrogens (tertiary/aromatic N) is 5. The highest BCUT2D eigenvalue weighted by atomic mass is 16.5. The van der Waals surface area contributed by atoms with Gasteiger partial charge >= 0.3 is 0 Å². The highest BCUT2D eigenvalue weighted by molar-refractivity contribution is 5.39. The molecule has 0 saturated carbocycles. The molecule has 0 fully saturated rings. The van der Waals surface area contributed by atoms with Crippen molar-refractivity contribution in [3.05, 3.63) is 33.1 Å². The lowest BCUT2D eigenvalue weighted by Crippen LogP contribution is -2.34. The summed E-state index contributed by atoms with van der Waals surface area (Å²) < 4.78 is 0. The summed E-state index contributed by atoms with van der Waals surface area (Å²) in [5, 5.41) is 17.8. The topological polar surface area (TPSA) is 88.6 Å². The van der Waals surface area contributed by atoms with Gasteiger partial charge in [0.05, 0.1) is 5.69 Å². The number of azide groups is 1. The third-order valence-electron chi connectivity index (χ3n) is 1.41. The minimum atomic E-state index is 0.391. The molecule has 6 heteroatoms. The first-order valence-electron chi connectivity index (χ1n) is 3.28. The molecule has 0 atom stereocenters. The molecule has 1 rings (SSSR count). The highest BCUT2D eigenvalue weighted by Crippen LogP contribution is 2.14. The largest absolute Gasteiger partial charge is 0.594 e. The van der Waals surface area contributed by atoms with Gasteiger partial charge in [-0.2, -0.15) is 0 Å². The van der Waals surface area contributed by atoms with Crippen LogP contribution in [0.5, 0.6) is 0 Å². The molecule has 0 unspecified atom stereocenters. The third kappa shape index (κ3) is 1.43. The van der Waals surface area contributed by atoms with Crippen LogP contribution in [-0.2, 0) is 0 Å². The van der Waals surface area contributed by atoms with E-state index >= 15 is 0 Å². The van der Waals surface area contributed by atoms with Crippen LogP contribution in [0.2, 0.25) is 0 Å². The number of aryl methyl sites for hydroxylation is 2. The molecule has 1 aromatic rings. The van der Waals surface area contributed by atoms with E-state index in [4.69, 9.17) is 5.53 Å². The van der Waals surface area contributed by atoms with Crippen LogP contribution in [-0.4, -0.2) is 5.10 Å². The fourth-order valence-corrected chi connectivity index (χ4v) is 0.773. The normalized spacial score (nSPS) is 9.17. The summed E-state index contributed by atoms with van der Waals surface area (Å²) in [4.78, 5) is 3.10. The second-order valence-electron chi connectivity index (χ2n) is 2.32. The van der Waals surface area contributed by atoms with E-state index in [2.05, 4.69) is 15.1 Å². The molecule has 0 bridgehead atoms. The predicted octanol–water partition coefficient (Wildman–Crippen LogP) is 1.27. The third-order valence-corrected chi connectivity index (χ3v) is 1.41. The van der Waals surface area contributed by atoms with Crippen LogP contribution in [0.3, 0.4) is 0 Å². The average molecular weight is 165 g/mol. The molecule has 1 heterocycles. The van der Waals surface area contributed by atoms with Crippen LogP contribution in [0.15, 0.2) is 11.2 Å². The van der Waals surface area contributed by atoms with E-state index in [1.807, 2.05) is 0 Å². The first kappa shape index (κ1) is 8.29. The van der Waals surface area contributed by atoms with Gasteiger partial charge in [-0.25, -0.2) is 0 Å². The van der Waals surface area contributed by atoms with E-state index in [0.717, 1.165) is 0 Å². The van der Waals surface area contributed by atoms with Crippen molar-refractivity contribution in [1.82, 2.24) is 5.10 Å². The Bertz CT molecular complexity index is 355. The molecule has 0 aromatic carbocycles. The maximum absolute atomic E-state index is 10.9. The Kier molecular flexibility index (Phi) is 2.11. The molecule has 0 saturated heterocycles. The SMILES string of the molecule is Cc1n[n+]([O-])c(C)cc1N=[N+]=[N-]. The summed E-state index contributed by atoms with van der Waals surface area (Å²) in [5.74, 6) is 0. The molecule has 0 spiro atoms. The second-order valence-corrected chi connectivity index (χ2v) is 2.32. The van der Waals surface area contributed by atoms with Crippen molar-refractivity contribution in [2.45, 2.75) is 13.8 Å². The van der Waals surface area contributed by atoms with E-state index in [-0.39, 0.29) is 0 Å². The van der Waals surface area contributed by atoms with Crippen LogP contribution in [0.4, 0.5) is 5.69 Å². The molecule has 0 aliphatic heterocycles. The van der Waals surface area contributed by atoms with E-state index in [9.17, 15) is 5.21 Å². The van der Waals surface area contributed by atoms with Gasteiger partial charge in [0.25, 0.3) is 0 Å². The predicted molar refractivity (Wildman–Crippen MR) is 41.5 cm³/mol. The molecule has 0 amide bonds. The second kappa shape index (κ2) is 3.06. The Morgan fingerprint density at radius 3 is 2.92 bits per heavy atom. The van der Waals surface area contributed by atoms with Crippen molar-refractivity contribution in [3.63, 3.8) is 0 Å². The maximum atomic E-state index is 10.9. The van der Waals surface area contributed by atoms with Gasteiger partial charge in [0.2, 0.25) is 5.69 Å². The summed E-state index contributed by atoms with van der Waals surface area (Å²) in [6, 6.07) is 1.50. The molecule has 0 N–H and O–H groups in total. The minimum absolute atomic E-state index is 0.391. The fourth-order valence-electron chi connectivity index (χ4n) is 0.773. The van der Waals surface area contributed by atoms with Crippen molar-refractivity contribution in [2.75, 3.05) is 0 Å². The highest BCUT2D eigenvalue weighted by Gasteiger charge is 2.05. The molecular weight excluding hydrogens is 158 g/mol. The van der Waals surface area contributed by atoms with Crippen LogP contribution in [0, 0.1) is 19.1 Å². The Hall–Kier alpha value is -1.81. The molecular formula is C6H7N5O. The summed E-state index contributed by atoms with van der Waals surface area (Å²) in [6.07, 6.45) is 0. The Balaban J connectivity index is 3.32. The van der Waals surface area contributed by atoms with Gasteiger partial charge in [-0.05, 0) is 12.5 Å². The zero-order chi connectivity index (χ0) is 9.14. The van der Waals surface area contributed by atoms with Crippen molar-refractivity contribution < 1.29 is 4.85 Å². The standard InChI is InChI=1S/C6H7N5O/c1-4-3-6(8-10-7)5(2)9-11(4)12/h3H,1-2H3. The van der Waals surface area contributed by atoms with Gasteiger partial charge in [-0.15, -0.1) is 0 Å². The zero-order valence-electron chi connectivity index (χ0n) is 6.72. The van der Waals surface area contributed by atoms with Gasteiger partial charge in [0.15, 0.2) is 0 Å². The quantitative estimate of drug-likeness (QED) is 0.206. The fraction of sp³-hybridized carbons (Fsp3) is 0.333. The molecule has 0 radical (unpaired) electrons. The van der Waals surface area contributed by atoms with Crippen LogP contribution < -0.4 is 4.85 Å². The molecule has 1 aromatic heterocycles. The Labute approximate surface area is 68.7 Å². The van der Waals surface area contributed by atoms with Gasteiger partial charge in [0, 0.05) is 23.0 Å². The smallest absolute Gasteiger partial charge is 0.219 e. The molecule has 12 heavy (non-hydrogen) atoms. The number of hydrogen-bond acceptors (Lipinski definition) is 3. The first-order valence-corrected chi connectivity index (χ1v) is 3.28. The van der Waals surface area contributed by atoms with Crippen LogP contribution >= 0.6 is 0 Å². The molecule has 62 valence electrons. The van der Waals surface area contributed by atoms with Gasteiger partial charge in [-0.1, -0.05) is 9.96 Å². The van der Waals surface area contributed by atoms with Gasteiger partial charge in [-0.3, -0.25) is 0 Å². The van der Waals surface area contributed by atoms with E-state index < -0.39 is 0 Å². The van der Waals surface area contributed by atoms with Crippen molar-refractivity contribution in [2.24, 2.45) is 5.11 Å². The summed E-state index contributed by atoms with van der Waals surface area (Å²) >= 11 is 0. The number of rotatable bonds is 1. The van der Waals surface area contributed by atoms with Crippen molar-refractivity contribution >= 4 is 5.69 Å². The number of aromatic nitrogens is 2. The lowest BCUT2D eigenvalue weighted by atomic mass is 10.3.